The Morgan fingerprint density at radius 2 is 1.74 bits per heavy atom. The van der Waals surface area contributed by atoms with Gasteiger partial charge in [0.25, 0.3) is 0 Å². The Balaban J connectivity index is 1.22. The Labute approximate surface area is 205 Å². The summed E-state index contributed by atoms with van der Waals surface area (Å²) in [6, 6.07) is 16.6. The molecule has 6 heteroatoms. The van der Waals surface area contributed by atoms with E-state index in [2.05, 4.69) is 52.1 Å². The third-order valence-electron chi connectivity index (χ3n) is 7.02. The van der Waals surface area contributed by atoms with E-state index >= 15 is 0 Å². The van der Waals surface area contributed by atoms with Crippen LogP contribution >= 0.6 is 0 Å². The van der Waals surface area contributed by atoms with E-state index in [1.165, 1.54) is 43.5 Å². The molecule has 0 aromatic heterocycles. The van der Waals surface area contributed by atoms with Crippen LogP contribution in [-0.2, 0) is 13.1 Å². The van der Waals surface area contributed by atoms with Gasteiger partial charge < -0.3 is 14.6 Å². The molecule has 2 fully saturated rings. The van der Waals surface area contributed by atoms with Gasteiger partial charge >= 0.3 is 0 Å². The number of nitrogens with zero attached hydrogens (tertiary/aromatic N) is 3. The summed E-state index contributed by atoms with van der Waals surface area (Å²) in [5.41, 5.74) is 1.79. The highest BCUT2D eigenvalue weighted by Crippen LogP contribution is 2.25. The largest absolute Gasteiger partial charge is 0.497 e. The summed E-state index contributed by atoms with van der Waals surface area (Å²) in [6.07, 6.45) is 4.79. The number of β-amino-alcohol motifs (C(OH)–C–C–N with tert-alkyl or cyclic N) is 1. The maximum atomic E-state index is 11.2. The van der Waals surface area contributed by atoms with Crippen LogP contribution in [0.25, 0.3) is 0 Å². The van der Waals surface area contributed by atoms with Gasteiger partial charge in [-0.25, -0.2) is 0 Å². The van der Waals surface area contributed by atoms with Crippen LogP contribution in [0.1, 0.15) is 36.8 Å². The number of hydrogen-bond acceptors (Lipinski definition) is 6. The number of aliphatic hydroxyl groups is 1. The first-order valence-electron chi connectivity index (χ1n) is 12.7. The number of benzene rings is 2. The zero-order valence-electron chi connectivity index (χ0n) is 20.9. The normalized spacial score (nSPS) is 21.8. The molecule has 4 rings (SSSR count). The van der Waals surface area contributed by atoms with Crippen molar-refractivity contribution in [3.05, 3.63) is 59.7 Å². The quantitative estimate of drug-likeness (QED) is 0.545. The SMILES string of the molecule is COc1ccc(CN(C)C[C@]2(O)CCN(Cc3cccc(OCCN4CCCCC4)c3)C2)cc1. The van der Waals surface area contributed by atoms with Crippen LogP contribution in [0.5, 0.6) is 11.5 Å². The van der Waals surface area contributed by atoms with Gasteiger partial charge in [0, 0.05) is 39.3 Å². The van der Waals surface area contributed by atoms with Crippen LogP contribution in [-0.4, -0.2) is 85.4 Å². The van der Waals surface area contributed by atoms with Gasteiger partial charge in [-0.1, -0.05) is 30.7 Å². The molecule has 0 unspecified atom stereocenters. The van der Waals surface area contributed by atoms with Crippen LogP contribution in [0, 0.1) is 0 Å². The number of ether oxygens (including phenoxy) is 2. The van der Waals surface area contributed by atoms with Crippen LogP contribution in [0.4, 0.5) is 0 Å². The Kier molecular flexibility index (Phi) is 8.84. The van der Waals surface area contributed by atoms with Crippen LogP contribution in [0.3, 0.4) is 0 Å². The molecule has 186 valence electrons. The molecular weight excluding hydrogens is 426 g/mol. The highest BCUT2D eigenvalue weighted by Gasteiger charge is 2.36. The molecule has 0 aliphatic carbocycles. The molecule has 6 nitrogen and oxygen atoms in total. The minimum Gasteiger partial charge on any atom is -0.497 e. The maximum Gasteiger partial charge on any atom is 0.119 e. The van der Waals surface area contributed by atoms with E-state index in [1.54, 1.807) is 7.11 Å². The highest BCUT2D eigenvalue weighted by atomic mass is 16.5. The van der Waals surface area contributed by atoms with E-state index in [1.807, 2.05) is 18.2 Å². The van der Waals surface area contributed by atoms with Gasteiger partial charge in [-0.05, 0) is 74.8 Å². The molecule has 0 saturated carbocycles. The monoisotopic (exact) mass is 467 g/mol. The Morgan fingerprint density at radius 3 is 2.50 bits per heavy atom. The second kappa shape index (κ2) is 12.0. The van der Waals surface area contributed by atoms with E-state index < -0.39 is 5.60 Å². The predicted molar refractivity (Wildman–Crippen MR) is 136 cm³/mol. The first-order chi connectivity index (χ1) is 16.5. The lowest BCUT2D eigenvalue weighted by Crippen LogP contribution is -2.43. The molecule has 1 N–H and O–H groups in total. The van der Waals surface area contributed by atoms with Gasteiger partial charge in [0.2, 0.25) is 0 Å². The predicted octanol–water partition coefficient (Wildman–Crippen LogP) is 3.63. The maximum absolute atomic E-state index is 11.2. The van der Waals surface area contributed by atoms with E-state index in [4.69, 9.17) is 9.47 Å². The summed E-state index contributed by atoms with van der Waals surface area (Å²) < 4.78 is 11.3. The summed E-state index contributed by atoms with van der Waals surface area (Å²) >= 11 is 0. The van der Waals surface area contributed by atoms with Crippen LogP contribution in [0.15, 0.2) is 48.5 Å². The summed E-state index contributed by atoms with van der Waals surface area (Å²) in [4.78, 5) is 7.07. The zero-order chi connectivity index (χ0) is 23.8. The summed E-state index contributed by atoms with van der Waals surface area (Å²) in [7, 11) is 3.76. The van der Waals surface area contributed by atoms with Gasteiger partial charge in [-0.3, -0.25) is 14.7 Å². The first-order valence-corrected chi connectivity index (χ1v) is 12.7. The topological polar surface area (TPSA) is 48.4 Å². The molecular formula is C28H41N3O3. The van der Waals surface area contributed by atoms with Crippen molar-refractivity contribution in [3.63, 3.8) is 0 Å². The lowest BCUT2D eigenvalue weighted by molar-refractivity contribution is 0.0162. The van der Waals surface area contributed by atoms with Crippen molar-refractivity contribution < 1.29 is 14.6 Å². The third kappa shape index (κ3) is 7.44. The van der Waals surface area contributed by atoms with Gasteiger partial charge in [-0.15, -0.1) is 0 Å². The first kappa shape index (κ1) is 25.0. The Morgan fingerprint density at radius 1 is 0.941 bits per heavy atom. The molecule has 2 saturated heterocycles. The number of methoxy groups -OCH3 is 1. The second-order valence-electron chi connectivity index (χ2n) is 10.1. The summed E-state index contributed by atoms with van der Waals surface area (Å²) in [5.74, 6) is 1.82. The minimum atomic E-state index is -0.677. The number of likely N-dealkylation sites (N-methyl/N-ethyl adjacent to an activating group) is 1. The number of hydrogen-bond donors (Lipinski definition) is 1. The smallest absolute Gasteiger partial charge is 0.119 e. The van der Waals surface area contributed by atoms with Crippen molar-refractivity contribution in [2.45, 2.75) is 44.4 Å². The molecule has 0 radical (unpaired) electrons. The van der Waals surface area contributed by atoms with Crippen LogP contribution in [0.2, 0.25) is 0 Å². The average molecular weight is 468 g/mol. The van der Waals surface area contributed by atoms with Crippen molar-refractivity contribution in [3.8, 4) is 11.5 Å². The molecule has 2 aliphatic heterocycles. The summed E-state index contributed by atoms with van der Waals surface area (Å²) in [6.45, 7) is 8.08. The molecule has 2 aliphatic rings. The molecule has 2 aromatic carbocycles. The number of rotatable bonds is 11. The molecule has 0 bridgehead atoms. The van der Waals surface area contributed by atoms with Gasteiger partial charge in [-0.2, -0.15) is 0 Å². The fraction of sp³-hybridized carbons (Fsp3) is 0.571. The molecule has 2 heterocycles. The van der Waals surface area contributed by atoms with Crippen molar-refractivity contribution >= 4 is 0 Å². The molecule has 1 atom stereocenters. The van der Waals surface area contributed by atoms with Crippen LogP contribution < -0.4 is 9.47 Å². The van der Waals surface area contributed by atoms with E-state index in [-0.39, 0.29) is 0 Å². The molecule has 0 spiro atoms. The Hall–Kier alpha value is -2.12. The fourth-order valence-corrected chi connectivity index (χ4v) is 5.27. The average Bonchev–Trinajstić information content (AvgIpc) is 3.20. The number of likely N-dealkylation sites (tertiary alicyclic amines) is 2. The third-order valence-corrected chi connectivity index (χ3v) is 7.02. The molecule has 2 aromatic rings. The number of piperidine rings is 1. The Bertz CT molecular complexity index is 885. The van der Waals surface area contributed by atoms with Gasteiger partial charge in [0.15, 0.2) is 0 Å². The van der Waals surface area contributed by atoms with Crippen molar-refractivity contribution in [1.29, 1.82) is 0 Å². The van der Waals surface area contributed by atoms with Crippen molar-refractivity contribution in [2.75, 3.05) is 60.0 Å². The standard InChI is InChI=1S/C28H41N3O3/c1-29(20-24-9-11-26(33-2)12-10-24)22-28(32)13-16-31(23-28)21-25-7-6-8-27(19-25)34-18-17-30-14-4-3-5-15-30/h6-12,19,32H,3-5,13-18,20-23H2,1-2H3/t28-/m1/s1. The van der Waals surface area contributed by atoms with E-state index in [9.17, 15) is 5.11 Å². The molecule has 0 amide bonds. The molecule has 34 heavy (non-hydrogen) atoms. The summed E-state index contributed by atoms with van der Waals surface area (Å²) in [5, 5.41) is 11.2. The highest BCUT2D eigenvalue weighted by molar-refractivity contribution is 5.29. The fourth-order valence-electron chi connectivity index (χ4n) is 5.27. The van der Waals surface area contributed by atoms with E-state index in [0.717, 1.165) is 50.7 Å². The lowest BCUT2D eigenvalue weighted by Gasteiger charge is -2.29. The lowest BCUT2D eigenvalue weighted by atomic mass is 10.0. The second-order valence-corrected chi connectivity index (χ2v) is 10.1. The van der Waals surface area contributed by atoms with Gasteiger partial charge in [0.05, 0.1) is 12.7 Å². The van der Waals surface area contributed by atoms with Crippen molar-refractivity contribution in [2.24, 2.45) is 0 Å². The zero-order valence-corrected chi connectivity index (χ0v) is 20.9. The minimum absolute atomic E-state index is 0.662. The van der Waals surface area contributed by atoms with Gasteiger partial charge in [0.1, 0.15) is 18.1 Å². The van der Waals surface area contributed by atoms with Crippen molar-refractivity contribution in [1.82, 2.24) is 14.7 Å². The van der Waals surface area contributed by atoms with E-state index in [0.29, 0.717) is 13.1 Å².